The molecule has 3 heteroatoms. The maximum Gasteiger partial charge on any atom is 0.0705 e. The van der Waals surface area contributed by atoms with Crippen molar-refractivity contribution in [2.24, 2.45) is 5.73 Å². The summed E-state index contributed by atoms with van der Waals surface area (Å²) in [6.45, 7) is 5.65. The zero-order valence-electron chi connectivity index (χ0n) is 8.21. The van der Waals surface area contributed by atoms with Gasteiger partial charge in [0.15, 0.2) is 0 Å². The predicted octanol–water partition coefficient (Wildman–Crippen LogP) is 1.88. The molecule has 2 N–H and O–H groups in total. The van der Waals surface area contributed by atoms with E-state index in [1.54, 1.807) is 0 Å². The lowest BCUT2D eigenvalue weighted by atomic mass is 10.3. The molecule has 0 aliphatic heterocycles. The van der Waals surface area contributed by atoms with Crippen molar-refractivity contribution in [3.63, 3.8) is 0 Å². The monoisotopic (exact) mass is 191 g/mol. The second-order valence-corrected chi connectivity index (χ2v) is 3.94. The molecule has 0 aromatic heterocycles. The van der Waals surface area contributed by atoms with Crippen LogP contribution < -0.4 is 5.73 Å². The Labute approximate surface area is 80.2 Å². The third kappa shape index (κ3) is 6.95. The Morgan fingerprint density at radius 3 is 2.58 bits per heavy atom. The highest BCUT2D eigenvalue weighted by atomic mass is 32.2. The summed E-state index contributed by atoms with van der Waals surface area (Å²) < 4.78 is 5.43. The second-order valence-electron chi connectivity index (χ2n) is 2.71. The van der Waals surface area contributed by atoms with Gasteiger partial charge in [-0.2, -0.15) is 11.8 Å². The fourth-order valence-electron chi connectivity index (χ4n) is 0.966. The number of ether oxygens (including phenoxy) is 1. The van der Waals surface area contributed by atoms with Crippen molar-refractivity contribution >= 4 is 11.8 Å². The molecule has 0 aromatic carbocycles. The van der Waals surface area contributed by atoms with E-state index in [1.165, 1.54) is 17.9 Å². The average molecular weight is 191 g/mol. The maximum absolute atomic E-state index is 5.54. The molecule has 0 saturated heterocycles. The molecule has 12 heavy (non-hydrogen) atoms. The van der Waals surface area contributed by atoms with E-state index in [1.807, 2.05) is 18.7 Å². The van der Waals surface area contributed by atoms with Crippen molar-refractivity contribution in [2.75, 3.05) is 24.7 Å². The fourth-order valence-corrected chi connectivity index (χ4v) is 1.89. The fraction of sp³-hybridized carbons (Fsp3) is 1.00. The van der Waals surface area contributed by atoms with Gasteiger partial charge in [0.1, 0.15) is 0 Å². The maximum atomic E-state index is 5.54. The van der Waals surface area contributed by atoms with Gasteiger partial charge < -0.3 is 10.5 Å². The smallest absolute Gasteiger partial charge is 0.0705 e. The summed E-state index contributed by atoms with van der Waals surface area (Å²) in [7, 11) is 0. The molecule has 0 spiro atoms. The quantitative estimate of drug-likeness (QED) is 0.595. The van der Waals surface area contributed by atoms with E-state index < -0.39 is 0 Å². The van der Waals surface area contributed by atoms with Gasteiger partial charge in [0.05, 0.1) is 6.10 Å². The van der Waals surface area contributed by atoms with E-state index in [-0.39, 0.29) is 6.10 Å². The van der Waals surface area contributed by atoms with Crippen molar-refractivity contribution in [1.82, 2.24) is 0 Å². The SMILES string of the molecule is CCCSCCC(CN)OCC. The Balaban J connectivity index is 3.19. The van der Waals surface area contributed by atoms with Gasteiger partial charge in [0, 0.05) is 13.2 Å². The summed E-state index contributed by atoms with van der Waals surface area (Å²) in [6, 6.07) is 0. The van der Waals surface area contributed by atoms with Crippen LogP contribution in [-0.2, 0) is 4.74 Å². The molecule has 0 saturated carbocycles. The first-order chi connectivity index (χ1) is 5.85. The van der Waals surface area contributed by atoms with E-state index in [0.29, 0.717) is 6.54 Å². The van der Waals surface area contributed by atoms with Crippen LogP contribution in [0.25, 0.3) is 0 Å². The van der Waals surface area contributed by atoms with Crippen LogP contribution in [0.1, 0.15) is 26.7 Å². The molecule has 2 nitrogen and oxygen atoms in total. The van der Waals surface area contributed by atoms with E-state index in [9.17, 15) is 0 Å². The summed E-state index contributed by atoms with van der Waals surface area (Å²) in [6.07, 6.45) is 2.63. The first-order valence-electron chi connectivity index (χ1n) is 4.74. The highest BCUT2D eigenvalue weighted by molar-refractivity contribution is 7.99. The molecule has 0 fully saturated rings. The normalized spacial score (nSPS) is 13.2. The Morgan fingerprint density at radius 1 is 1.33 bits per heavy atom. The minimum atomic E-state index is 0.277. The first-order valence-corrected chi connectivity index (χ1v) is 5.90. The molecule has 0 aliphatic rings. The molecule has 1 unspecified atom stereocenters. The van der Waals surface area contributed by atoms with E-state index in [2.05, 4.69) is 6.92 Å². The highest BCUT2D eigenvalue weighted by Gasteiger charge is 2.04. The molecule has 0 aliphatic carbocycles. The Morgan fingerprint density at radius 2 is 2.08 bits per heavy atom. The summed E-state index contributed by atoms with van der Waals surface area (Å²) >= 11 is 1.99. The van der Waals surface area contributed by atoms with Crippen LogP contribution in [0.2, 0.25) is 0 Å². The highest BCUT2D eigenvalue weighted by Crippen LogP contribution is 2.07. The standard InChI is InChI=1S/C9H21NOS/c1-3-6-12-7-5-9(8-10)11-4-2/h9H,3-8,10H2,1-2H3. The van der Waals surface area contributed by atoms with Gasteiger partial charge in [-0.3, -0.25) is 0 Å². The molecular weight excluding hydrogens is 170 g/mol. The van der Waals surface area contributed by atoms with Crippen molar-refractivity contribution in [1.29, 1.82) is 0 Å². The lowest BCUT2D eigenvalue weighted by Gasteiger charge is -2.13. The lowest BCUT2D eigenvalue weighted by Crippen LogP contribution is -2.24. The van der Waals surface area contributed by atoms with Gasteiger partial charge in [0.25, 0.3) is 0 Å². The summed E-state index contributed by atoms with van der Waals surface area (Å²) in [5.74, 6) is 2.43. The van der Waals surface area contributed by atoms with Crippen LogP contribution in [0.4, 0.5) is 0 Å². The van der Waals surface area contributed by atoms with Gasteiger partial charge >= 0.3 is 0 Å². The minimum absolute atomic E-state index is 0.277. The molecule has 0 amide bonds. The number of nitrogens with two attached hydrogens (primary N) is 1. The van der Waals surface area contributed by atoms with E-state index in [0.717, 1.165) is 13.0 Å². The van der Waals surface area contributed by atoms with Gasteiger partial charge in [0.2, 0.25) is 0 Å². The van der Waals surface area contributed by atoms with Crippen LogP contribution in [0.3, 0.4) is 0 Å². The van der Waals surface area contributed by atoms with Gasteiger partial charge in [-0.1, -0.05) is 6.92 Å². The summed E-state index contributed by atoms with van der Waals surface area (Å²) in [4.78, 5) is 0. The van der Waals surface area contributed by atoms with Crippen LogP contribution in [-0.4, -0.2) is 30.8 Å². The molecule has 0 bridgehead atoms. The second kappa shape index (κ2) is 9.36. The van der Waals surface area contributed by atoms with Crippen LogP contribution in [0.15, 0.2) is 0 Å². The van der Waals surface area contributed by atoms with E-state index >= 15 is 0 Å². The number of hydrogen-bond acceptors (Lipinski definition) is 3. The van der Waals surface area contributed by atoms with Crippen molar-refractivity contribution < 1.29 is 4.74 Å². The summed E-state index contributed by atoms with van der Waals surface area (Å²) in [5.41, 5.74) is 5.54. The molecule has 0 heterocycles. The zero-order valence-corrected chi connectivity index (χ0v) is 9.03. The van der Waals surface area contributed by atoms with Crippen molar-refractivity contribution in [3.05, 3.63) is 0 Å². The van der Waals surface area contributed by atoms with Crippen molar-refractivity contribution in [2.45, 2.75) is 32.8 Å². The largest absolute Gasteiger partial charge is 0.377 e. The van der Waals surface area contributed by atoms with Gasteiger partial charge in [-0.25, -0.2) is 0 Å². The molecule has 1 atom stereocenters. The molecule has 0 rings (SSSR count). The Bertz CT molecular complexity index is 90.6. The first kappa shape index (κ1) is 12.3. The molecule has 0 aromatic rings. The number of rotatable bonds is 8. The molecule has 74 valence electrons. The number of thioether (sulfide) groups is 1. The Hall–Kier alpha value is 0.270. The van der Waals surface area contributed by atoms with Crippen LogP contribution in [0.5, 0.6) is 0 Å². The van der Waals surface area contributed by atoms with E-state index in [4.69, 9.17) is 10.5 Å². The molecule has 0 radical (unpaired) electrons. The minimum Gasteiger partial charge on any atom is -0.377 e. The topological polar surface area (TPSA) is 35.2 Å². The lowest BCUT2D eigenvalue weighted by molar-refractivity contribution is 0.0674. The third-order valence-electron chi connectivity index (χ3n) is 1.60. The zero-order chi connectivity index (χ0) is 9.23. The van der Waals surface area contributed by atoms with Crippen LogP contribution >= 0.6 is 11.8 Å². The average Bonchev–Trinajstić information content (AvgIpc) is 2.10. The van der Waals surface area contributed by atoms with Crippen LogP contribution in [0, 0.1) is 0 Å². The summed E-state index contributed by atoms with van der Waals surface area (Å²) in [5, 5.41) is 0. The third-order valence-corrected chi connectivity index (χ3v) is 2.82. The molecular formula is C9H21NOS. The Kier molecular flexibility index (Phi) is 9.57. The van der Waals surface area contributed by atoms with Gasteiger partial charge in [-0.05, 0) is 31.3 Å². The van der Waals surface area contributed by atoms with Gasteiger partial charge in [-0.15, -0.1) is 0 Å². The predicted molar refractivity (Wildman–Crippen MR) is 56.7 cm³/mol. The number of hydrogen-bond donors (Lipinski definition) is 1. The van der Waals surface area contributed by atoms with Crippen molar-refractivity contribution in [3.8, 4) is 0 Å².